The number of hydrogen-bond donors (Lipinski definition) is 0. The average molecular weight is 371 g/mol. The summed E-state index contributed by atoms with van der Waals surface area (Å²) in [6.07, 6.45) is 6.53. The number of pyridine rings is 1. The van der Waals surface area contributed by atoms with E-state index in [9.17, 15) is 0 Å². The zero-order chi connectivity index (χ0) is 18.9. The molecular weight excluding hydrogens is 350 g/mol. The van der Waals surface area contributed by atoms with Gasteiger partial charge in [0, 0.05) is 31.0 Å². The van der Waals surface area contributed by atoms with Crippen molar-refractivity contribution >= 4 is 5.82 Å². The first-order chi connectivity index (χ1) is 13.8. The molecule has 0 fully saturated rings. The highest BCUT2D eigenvalue weighted by molar-refractivity contribution is 5.73. The minimum absolute atomic E-state index is 0.698. The minimum Gasteiger partial charge on any atom is -0.337 e. The van der Waals surface area contributed by atoms with Crippen molar-refractivity contribution in [3.8, 4) is 22.9 Å². The first kappa shape index (κ1) is 16.7. The molecule has 0 radical (unpaired) electrons. The number of fused-ring (bicyclic) bond motifs is 3. The van der Waals surface area contributed by atoms with Crippen molar-refractivity contribution in [3.05, 3.63) is 66.7 Å². The second-order valence-corrected chi connectivity index (χ2v) is 6.95. The molecule has 1 aromatic carbocycles. The van der Waals surface area contributed by atoms with E-state index in [-0.39, 0.29) is 0 Å². The molecule has 0 bridgehead atoms. The van der Waals surface area contributed by atoms with Crippen LogP contribution in [0.3, 0.4) is 0 Å². The molecule has 3 aromatic heterocycles. The normalized spacial score (nSPS) is 12.7. The molecule has 5 rings (SSSR count). The van der Waals surface area contributed by atoms with Crippen molar-refractivity contribution in [2.24, 2.45) is 0 Å². The predicted octanol–water partition coefficient (Wildman–Crippen LogP) is 3.44. The summed E-state index contributed by atoms with van der Waals surface area (Å²) in [6, 6.07) is 14.4. The topological polar surface area (TPSA) is 64.7 Å². The molecule has 7 nitrogen and oxygen atoms in total. The van der Waals surface area contributed by atoms with E-state index in [4.69, 9.17) is 4.98 Å². The van der Waals surface area contributed by atoms with Gasteiger partial charge in [0.2, 0.25) is 0 Å². The molecule has 0 atom stereocenters. The molecule has 0 aliphatic carbocycles. The largest absolute Gasteiger partial charge is 0.337 e. The van der Waals surface area contributed by atoms with Gasteiger partial charge < -0.3 is 9.47 Å². The summed E-state index contributed by atoms with van der Waals surface area (Å²) in [5.41, 5.74) is 3.27. The fourth-order valence-corrected chi connectivity index (χ4v) is 3.74. The molecule has 0 saturated carbocycles. The lowest BCUT2D eigenvalue weighted by Gasteiger charge is -2.29. The summed E-state index contributed by atoms with van der Waals surface area (Å²) in [5.74, 6) is 2.71. The average Bonchev–Trinajstić information content (AvgIpc) is 3.34. The number of nitrogens with zero attached hydrogens (tertiary/aromatic N) is 7. The van der Waals surface area contributed by atoms with Gasteiger partial charge in [0.25, 0.3) is 0 Å². The van der Waals surface area contributed by atoms with Crippen molar-refractivity contribution in [1.82, 2.24) is 29.3 Å². The Balaban J connectivity index is 1.63. The second-order valence-electron chi connectivity index (χ2n) is 6.95. The van der Waals surface area contributed by atoms with E-state index in [1.54, 1.807) is 12.4 Å². The molecule has 1 aliphatic rings. The fourth-order valence-electron chi connectivity index (χ4n) is 3.74. The van der Waals surface area contributed by atoms with Crippen molar-refractivity contribution in [3.63, 3.8) is 0 Å². The van der Waals surface area contributed by atoms with Gasteiger partial charge in [0.05, 0.1) is 13.0 Å². The van der Waals surface area contributed by atoms with Crippen LogP contribution in [-0.2, 0) is 13.2 Å². The SMILES string of the molecule is CCCN1Cn2c(-c3ccncc3)nnc2-c2c1ncn2Cc1ccccc1. The highest BCUT2D eigenvalue weighted by Gasteiger charge is 2.30. The third-order valence-electron chi connectivity index (χ3n) is 5.02. The lowest BCUT2D eigenvalue weighted by atomic mass is 10.2. The number of rotatable bonds is 5. The van der Waals surface area contributed by atoms with E-state index in [1.807, 2.05) is 24.5 Å². The summed E-state index contributed by atoms with van der Waals surface area (Å²) < 4.78 is 4.35. The van der Waals surface area contributed by atoms with E-state index >= 15 is 0 Å². The van der Waals surface area contributed by atoms with Crippen LogP contribution in [0.25, 0.3) is 22.9 Å². The van der Waals surface area contributed by atoms with Gasteiger partial charge in [0.15, 0.2) is 17.5 Å². The Bertz CT molecular complexity index is 1080. The highest BCUT2D eigenvalue weighted by atomic mass is 15.4. The van der Waals surface area contributed by atoms with Crippen LogP contribution in [0.2, 0.25) is 0 Å². The number of hydrogen-bond acceptors (Lipinski definition) is 5. The molecule has 0 unspecified atom stereocenters. The molecule has 4 heterocycles. The van der Waals surface area contributed by atoms with Gasteiger partial charge >= 0.3 is 0 Å². The highest BCUT2D eigenvalue weighted by Crippen LogP contribution is 2.36. The summed E-state index contributed by atoms with van der Waals surface area (Å²) in [6.45, 7) is 4.57. The first-order valence-corrected chi connectivity index (χ1v) is 9.53. The van der Waals surface area contributed by atoms with Gasteiger partial charge in [-0.2, -0.15) is 0 Å². The Morgan fingerprint density at radius 2 is 1.75 bits per heavy atom. The Morgan fingerprint density at radius 3 is 2.54 bits per heavy atom. The molecule has 0 N–H and O–H groups in total. The Kier molecular flexibility index (Phi) is 4.12. The van der Waals surface area contributed by atoms with Crippen LogP contribution >= 0.6 is 0 Å². The number of imidazole rings is 1. The van der Waals surface area contributed by atoms with Crippen molar-refractivity contribution < 1.29 is 0 Å². The molecule has 4 aromatic rings. The third kappa shape index (κ3) is 2.76. The van der Waals surface area contributed by atoms with Crippen LogP contribution < -0.4 is 4.90 Å². The van der Waals surface area contributed by atoms with E-state index in [0.29, 0.717) is 6.67 Å². The number of aromatic nitrogens is 6. The standard InChI is InChI=1S/C21H21N7/c1-2-12-26-15-28-19(17-8-10-22-11-9-17)24-25-21(28)18-20(26)23-14-27(18)13-16-6-4-3-5-7-16/h3-11,14H,2,12-13,15H2,1H3. The molecule has 0 saturated heterocycles. The van der Waals surface area contributed by atoms with E-state index in [2.05, 4.69) is 60.4 Å². The predicted molar refractivity (Wildman–Crippen MR) is 108 cm³/mol. The van der Waals surface area contributed by atoms with Gasteiger partial charge in [-0.25, -0.2) is 4.98 Å². The van der Waals surface area contributed by atoms with Gasteiger partial charge in [-0.1, -0.05) is 37.3 Å². The Labute approximate surface area is 163 Å². The molecule has 0 amide bonds. The maximum Gasteiger partial charge on any atom is 0.186 e. The van der Waals surface area contributed by atoms with Gasteiger partial charge in [-0.15, -0.1) is 10.2 Å². The van der Waals surface area contributed by atoms with Crippen LogP contribution in [0.15, 0.2) is 61.2 Å². The van der Waals surface area contributed by atoms with Crippen LogP contribution in [0.4, 0.5) is 5.82 Å². The fraction of sp³-hybridized carbons (Fsp3) is 0.238. The molecule has 28 heavy (non-hydrogen) atoms. The maximum atomic E-state index is 4.73. The molecule has 0 spiro atoms. The van der Waals surface area contributed by atoms with Crippen LogP contribution in [0.1, 0.15) is 18.9 Å². The Morgan fingerprint density at radius 1 is 0.964 bits per heavy atom. The summed E-state index contributed by atoms with van der Waals surface area (Å²) >= 11 is 0. The van der Waals surface area contributed by atoms with Gasteiger partial charge in [-0.3, -0.25) is 9.55 Å². The van der Waals surface area contributed by atoms with E-state index in [0.717, 1.165) is 48.2 Å². The van der Waals surface area contributed by atoms with Crippen molar-refractivity contribution in [2.45, 2.75) is 26.6 Å². The summed E-state index contributed by atoms with van der Waals surface area (Å²) in [4.78, 5) is 11.2. The van der Waals surface area contributed by atoms with Gasteiger partial charge in [-0.05, 0) is 24.1 Å². The monoisotopic (exact) mass is 371 g/mol. The lowest BCUT2D eigenvalue weighted by Crippen LogP contribution is -2.32. The third-order valence-corrected chi connectivity index (χ3v) is 5.02. The van der Waals surface area contributed by atoms with Crippen LogP contribution in [0.5, 0.6) is 0 Å². The first-order valence-electron chi connectivity index (χ1n) is 9.53. The number of anilines is 1. The quantitative estimate of drug-likeness (QED) is 0.538. The van der Waals surface area contributed by atoms with Gasteiger partial charge in [0.1, 0.15) is 5.69 Å². The molecular formula is C21H21N7. The minimum atomic E-state index is 0.698. The summed E-state index contributed by atoms with van der Waals surface area (Å²) in [7, 11) is 0. The van der Waals surface area contributed by atoms with Crippen LogP contribution in [0, 0.1) is 0 Å². The van der Waals surface area contributed by atoms with Crippen molar-refractivity contribution in [1.29, 1.82) is 0 Å². The van der Waals surface area contributed by atoms with E-state index < -0.39 is 0 Å². The smallest absolute Gasteiger partial charge is 0.186 e. The molecule has 7 heteroatoms. The number of benzene rings is 1. The molecule has 140 valence electrons. The van der Waals surface area contributed by atoms with Crippen molar-refractivity contribution in [2.75, 3.05) is 11.4 Å². The zero-order valence-electron chi connectivity index (χ0n) is 15.7. The summed E-state index contributed by atoms with van der Waals surface area (Å²) in [5, 5.41) is 9.06. The second kappa shape index (κ2) is 6.92. The molecule has 1 aliphatic heterocycles. The lowest BCUT2D eigenvalue weighted by molar-refractivity contribution is 0.614. The van der Waals surface area contributed by atoms with Crippen LogP contribution in [-0.4, -0.2) is 35.8 Å². The zero-order valence-corrected chi connectivity index (χ0v) is 15.7. The Hall–Kier alpha value is -3.48. The van der Waals surface area contributed by atoms with E-state index in [1.165, 1.54) is 5.56 Å². The maximum absolute atomic E-state index is 4.73.